The van der Waals surface area contributed by atoms with Gasteiger partial charge < -0.3 is 5.73 Å². The Kier molecular flexibility index (Phi) is 4.59. The second-order valence-corrected chi connectivity index (χ2v) is 3.84. The molecule has 0 saturated heterocycles. The van der Waals surface area contributed by atoms with Crippen LogP contribution in [0.1, 0.15) is 44.9 Å². The lowest BCUT2D eigenvalue weighted by Crippen LogP contribution is -2.19. The van der Waals surface area contributed by atoms with Gasteiger partial charge in [0.05, 0.1) is 0 Å². The lowest BCUT2D eigenvalue weighted by atomic mass is 9.93. The molecule has 1 unspecified atom stereocenters. The molecule has 72 valence electrons. The van der Waals surface area contributed by atoms with Crippen molar-refractivity contribution in [3.63, 3.8) is 0 Å². The maximum Gasteiger partial charge on any atom is 0.104 e. The summed E-state index contributed by atoms with van der Waals surface area (Å²) in [5.74, 6) is 0.316. The summed E-state index contributed by atoms with van der Waals surface area (Å²) < 4.78 is 13.4. The van der Waals surface area contributed by atoms with E-state index in [1.165, 1.54) is 25.7 Å². The third-order valence-electron chi connectivity index (χ3n) is 2.85. The van der Waals surface area contributed by atoms with Gasteiger partial charge >= 0.3 is 0 Å². The van der Waals surface area contributed by atoms with Gasteiger partial charge in [0.25, 0.3) is 0 Å². The summed E-state index contributed by atoms with van der Waals surface area (Å²) in [4.78, 5) is 0. The molecular weight excluding hydrogens is 153 g/mol. The lowest BCUT2D eigenvalue weighted by Gasteiger charge is -2.17. The molecule has 0 spiro atoms. The Morgan fingerprint density at radius 2 is 1.75 bits per heavy atom. The third kappa shape index (κ3) is 3.10. The number of hydrogen-bond donors (Lipinski definition) is 1. The van der Waals surface area contributed by atoms with Crippen molar-refractivity contribution >= 4 is 0 Å². The van der Waals surface area contributed by atoms with Gasteiger partial charge in [-0.2, -0.15) is 0 Å². The fraction of sp³-hybridized carbons (Fsp3) is 1.00. The van der Waals surface area contributed by atoms with Crippen LogP contribution in [0.15, 0.2) is 0 Å². The monoisotopic (exact) mass is 173 g/mol. The smallest absolute Gasteiger partial charge is 0.104 e. The zero-order valence-electron chi connectivity index (χ0n) is 7.77. The molecule has 1 aliphatic rings. The minimum atomic E-state index is -0.631. The summed E-state index contributed by atoms with van der Waals surface area (Å²) in [7, 11) is 0. The predicted octanol–water partition coefficient (Wildman–Crippen LogP) is 2.64. The van der Waals surface area contributed by atoms with Crippen LogP contribution in [0.3, 0.4) is 0 Å². The quantitative estimate of drug-likeness (QED) is 0.652. The SMILES string of the molecule is NCCC(F)C1CCCCCC1. The first-order valence-electron chi connectivity index (χ1n) is 5.18. The van der Waals surface area contributed by atoms with Crippen LogP contribution in [0, 0.1) is 5.92 Å². The largest absolute Gasteiger partial charge is 0.330 e. The van der Waals surface area contributed by atoms with Crippen molar-refractivity contribution in [2.75, 3.05) is 6.54 Å². The Balaban J connectivity index is 2.27. The maximum atomic E-state index is 13.4. The number of rotatable bonds is 3. The standard InChI is InChI=1S/C10H20FN/c11-10(7-8-12)9-5-3-1-2-4-6-9/h9-10H,1-8,12H2. The highest BCUT2D eigenvalue weighted by Crippen LogP contribution is 2.28. The summed E-state index contributed by atoms with van der Waals surface area (Å²) in [6.07, 6.45) is 7.13. The van der Waals surface area contributed by atoms with Crippen molar-refractivity contribution in [2.24, 2.45) is 11.7 Å². The number of alkyl halides is 1. The minimum Gasteiger partial charge on any atom is -0.330 e. The van der Waals surface area contributed by atoms with Gasteiger partial charge in [0, 0.05) is 0 Å². The van der Waals surface area contributed by atoms with E-state index in [4.69, 9.17) is 5.73 Å². The van der Waals surface area contributed by atoms with E-state index in [0.29, 0.717) is 18.9 Å². The summed E-state index contributed by atoms with van der Waals surface area (Å²) in [5.41, 5.74) is 5.34. The van der Waals surface area contributed by atoms with Crippen LogP contribution in [0.4, 0.5) is 4.39 Å². The fourth-order valence-corrected chi connectivity index (χ4v) is 2.07. The van der Waals surface area contributed by atoms with E-state index >= 15 is 0 Å². The topological polar surface area (TPSA) is 26.0 Å². The molecule has 1 atom stereocenters. The second-order valence-electron chi connectivity index (χ2n) is 3.84. The van der Waals surface area contributed by atoms with Crippen molar-refractivity contribution < 1.29 is 4.39 Å². The van der Waals surface area contributed by atoms with Crippen molar-refractivity contribution in [3.8, 4) is 0 Å². The highest BCUT2D eigenvalue weighted by atomic mass is 19.1. The Morgan fingerprint density at radius 3 is 2.25 bits per heavy atom. The fourth-order valence-electron chi connectivity index (χ4n) is 2.07. The molecule has 1 nitrogen and oxygen atoms in total. The Hall–Kier alpha value is -0.110. The predicted molar refractivity (Wildman–Crippen MR) is 49.8 cm³/mol. The van der Waals surface area contributed by atoms with Crippen LogP contribution in [0.25, 0.3) is 0 Å². The summed E-state index contributed by atoms with van der Waals surface area (Å²) in [5, 5.41) is 0. The molecule has 2 heteroatoms. The van der Waals surface area contributed by atoms with Crippen molar-refractivity contribution in [2.45, 2.75) is 51.1 Å². The van der Waals surface area contributed by atoms with Crippen LogP contribution >= 0.6 is 0 Å². The Morgan fingerprint density at radius 1 is 1.17 bits per heavy atom. The summed E-state index contributed by atoms with van der Waals surface area (Å²) in [6.45, 7) is 0.498. The van der Waals surface area contributed by atoms with E-state index in [1.54, 1.807) is 0 Å². The molecule has 0 radical (unpaired) electrons. The minimum absolute atomic E-state index is 0.316. The number of nitrogens with two attached hydrogens (primary N) is 1. The summed E-state index contributed by atoms with van der Waals surface area (Å²) in [6, 6.07) is 0. The van der Waals surface area contributed by atoms with Gasteiger partial charge in [-0.25, -0.2) is 4.39 Å². The average Bonchev–Trinajstić information content (AvgIpc) is 2.32. The van der Waals surface area contributed by atoms with Gasteiger partial charge in [-0.15, -0.1) is 0 Å². The molecule has 0 aliphatic heterocycles. The first-order chi connectivity index (χ1) is 5.84. The molecule has 1 saturated carbocycles. The molecule has 0 heterocycles. The first kappa shape index (κ1) is 9.97. The van der Waals surface area contributed by atoms with Crippen LogP contribution in [0.5, 0.6) is 0 Å². The Bertz CT molecular complexity index is 108. The zero-order chi connectivity index (χ0) is 8.81. The zero-order valence-corrected chi connectivity index (χ0v) is 7.77. The maximum absolute atomic E-state index is 13.4. The van der Waals surface area contributed by atoms with E-state index < -0.39 is 6.17 Å². The van der Waals surface area contributed by atoms with Crippen molar-refractivity contribution in [1.82, 2.24) is 0 Å². The van der Waals surface area contributed by atoms with Gasteiger partial charge in [-0.1, -0.05) is 25.7 Å². The van der Waals surface area contributed by atoms with Crippen LogP contribution < -0.4 is 5.73 Å². The van der Waals surface area contributed by atoms with E-state index in [1.807, 2.05) is 0 Å². The van der Waals surface area contributed by atoms with E-state index in [0.717, 1.165) is 12.8 Å². The first-order valence-corrected chi connectivity index (χ1v) is 5.18. The van der Waals surface area contributed by atoms with Crippen LogP contribution in [-0.4, -0.2) is 12.7 Å². The molecule has 0 aromatic carbocycles. The molecule has 0 amide bonds. The third-order valence-corrected chi connectivity index (χ3v) is 2.85. The highest BCUT2D eigenvalue weighted by Gasteiger charge is 2.21. The normalized spacial score (nSPS) is 23.5. The molecule has 1 aliphatic carbocycles. The average molecular weight is 173 g/mol. The van der Waals surface area contributed by atoms with Crippen molar-refractivity contribution in [3.05, 3.63) is 0 Å². The lowest BCUT2D eigenvalue weighted by molar-refractivity contribution is 0.199. The van der Waals surface area contributed by atoms with Gasteiger partial charge in [0.1, 0.15) is 6.17 Å². The summed E-state index contributed by atoms with van der Waals surface area (Å²) >= 11 is 0. The van der Waals surface area contributed by atoms with Crippen LogP contribution in [0.2, 0.25) is 0 Å². The molecular formula is C10H20FN. The second kappa shape index (κ2) is 5.52. The molecule has 12 heavy (non-hydrogen) atoms. The molecule has 2 N–H and O–H groups in total. The molecule has 0 aromatic rings. The van der Waals surface area contributed by atoms with Gasteiger partial charge in [0.2, 0.25) is 0 Å². The van der Waals surface area contributed by atoms with Gasteiger partial charge in [-0.05, 0) is 31.7 Å². The van der Waals surface area contributed by atoms with E-state index in [-0.39, 0.29) is 0 Å². The van der Waals surface area contributed by atoms with Gasteiger partial charge in [0.15, 0.2) is 0 Å². The van der Waals surface area contributed by atoms with Crippen LogP contribution in [-0.2, 0) is 0 Å². The molecule has 0 bridgehead atoms. The number of hydrogen-bond acceptors (Lipinski definition) is 1. The highest BCUT2D eigenvalue weighted by molar-refractivity contribution is 4.72. The van der Waals surface area contributed by atoms with Crippen molar-refractivity contribution in [1.29, 1.82) is 0 Å². The molecule has 1 fully saturated rings. The molecule has 1 rings (SSSR count). The number of halogens is 1. The van der Waals surface area contributed by atoms with E-state index in [9.17, 15) is 4.39 Å². The van der Waals surface area contributed by atoms with E-state index in [2.05, 4.69) is 0 Å². The molecule has 0 aromatic heterocycles. The Labute approximate surface area is 74.5 Å². The van der Waals surface area contributed by atoms with Gasteiger partial charge in [-0.3, -0.25) is 0 Å².